The molecule has 4 aliphatic rings. The molecule has 6 atom stereocenters. The molecule has 4 aliphatic carbocycles. The molecule has 0 aromatic rings. The van der Waals surface area contributed by atoms with E-state index in [4.69, 9.17) is 0 Å². The second-order valence-electron chi connectivity index (χ2n) is 8.58. The smallest absolute Gasteiger partial charge is 0.178 e. The maximum Gasteiger partial charge on any atom is 0.178 e. The maximum atomic E-state index is 12.6. The van der Waals surface area contributed by atoms with Gasteiger partial charge in [0.1, 0.15) is 5.78 Å². The minimum Gasteiger partial charge on any atom is -0.299 e. The standard InChI is InChI=1S/C20H26O2/c1-12-10-17(22)20(3)9-7-16-15(18(12)20)5-4-13-11-14(21)6-8-19(13,16)2/h6,8,11-12,15-16,18H,4-5,7,9-10H2,1-3H3/t12?,15?,16?,18?,19-,20+/m0/s1. The van der Waals surface area contributed by atoms with E-state index in [0.29, 0.717) is 29.5 Å². The molecule has 118 valence electrons. The van der Waals surface area contributed by atoms with Gasteiger partial charge < -0.3 is 0 Å². The number of hydrogen-bond acceptors (Lipinski definition) is 2. The van der Waals surface area contributed by atoms with Gasteiger partial charge in [-0.1, -0.05) is 32.4 Å². The lowest BCUT2D eigenvalue weighted by molar-refractivity contribution is -0.131. The van der Waals surface area contributed by atoms with Gasteiger partial charge in [0.25, 0.3) is 0 Å². The average Bonchev–Trinajstić information content (AvgIpc) is 2.70. The normalized spacial score (nSPS) is 50.2. The first-order valence-electron chi connectivity index (χ1n) is 8.84. The summed E-state index contributed by atoms with van der Waals surface area (Å²) in [6.45, 7) is 6.83. The molecule has 0 aromatic carbocycles. The van der Waals surface area contributed by atoms with Gasteiger partial charge in [-0.15, -0.1) is 0 Å². The van der Waals surface area contributed by atoms with E-state index in [2.05, 4.69) is 26.8 Å². The Bertz CT molecular complexity index is 613. The molecule has 2 nitrogen and oxygen atoms in total. The van der Waals surface area contributed by atoms with Crippen LogP contribution in [0.4, 0.5) is 0 Å². The summed E-state index contributed by atoms with van der Waals surface area (Å²) in [6.07, 6.45) is 10.9. The highest BCUT2D eigenvalue weighted by molar-refractivity contribution is 6.01. The van der Waals surface area contributed by atoms with Crippen LogP contribution in [0.5, 0.6) is 0 Å². The summed E-state index contributed by atoms with van der Waals surface area (Å²) in [5.74, 6) is 2.96. The monoisotopic (exact) mass is 298 g/mol. The Balaban J connectivity index is 1.74. The quantitative estimate of drug-likeness (QED) is 0.674. The molecule has 0 heterocycles. The molecular formula is C20H26O2. The van der Waals surface area contributed by atoms with Gasteiger partial charge in [0, 0.05) is 17.3 Å². The fraction of sp³-hybridized carbons (Fsp3) is 0.700. The zero-order chi connectivity index (χ0) is 15.7. The predicted octanol–water partition coefficient (Wildman–Crippen LogP) is 4.11. The van der Waals surface area contributed by atoms with Crippen LogP contribution in [-0.2, 0) is 9.59 Å². The molecule has 0 saturated heterocycles. The van der Waals surface area contributed by atoms with Gasteiger partial charge in [0.2, 0.25) is 0 Å². The zero-order valence-electron chi connectivity index (χ0n) is 13.9. The number of allylic oxidation sites excluding steroid dienone is 4. The highest BCUT2D eigenvalue weighted by atomic mass is 16.1. The number of rotatable bonds is 0. The Morgan fingerprint density at radius 2 is 1.95 bits per heavy atom. The summed E-state index contributed by atoms with van der Waals surface area (Å²) in [5, 5.41) is 0. The molecule has 0 spiro atoms. The minimum atomic E-state index is -0.0770. The SMILES string of the molecule is CC1CC(=O)[C@@]2(C)CCC3C(CCC4=CC(=O)C=C[C@@]43C)C12. The van der Waals surface area contributed by atoms with Crippen LogP contribution in [0.2, 0.25) is 0 Å². The highest BCUT2D eigenvalue weighted by Crippen LogP contribution is 2.64. The van der Waals surface area contributed by atoms with Crippen molar-refractivity contribution in [3.05, 3.63) is 23.8 Å². The largest absolute Gasteiger partial charge is 0.299 e. The van der Waals surface area contributed by atoms with Crippen LogP contribution < -0.4 is 0 Å². The van der Waals surface area contributed by atoms with E-state index in [1.165, 1.54) is 5.57 Å². The average molecular weight is 298 g/mol. The summed E-state index contributed by atoms with van der Waals surface area (Å²) in [6, 6.07) is 0. The second kappa shape index (κ2) is 4.43. The molecule has 0 aromatic heterocycles. The van der Waals surface area contributed by atoms with E-state index in [9.17, 15) is 9.59 Å². The van der Waals surface area contributed by atoms with Crippen molar-refractivity contribution in [3.8, 4) is 0 Å². The van der Waals surface area contributed by atoms with Crippen LogP contribution in [0, 0.1) is 34.5 Å². The molecule has 3 fully saturated rings. The summed E-state index contributed by atoms with van der Waals surface area (Å²) >= 11 is 0. The van der Waals surface area contributed by atoms with Gasteiger partial charge in [-0.25, -0.2) is 0 Å². The van der Waals surface area contributed by atoms with Crippen LogP contribution in [0.3, 0.4) is 0 Å². The number of carbonyl (C=O) groups excluding carboxylic acids is 2. The van der Waals surface area contributed by atoms with Crippen molar-refractivity contribution >= 4 is 11.6 Å². The Morgan fingerprint density at radius 3 is 2.73 bits per heavy atom. The van der Waals surface area contributed by atoms with Crippen molar-refractivity contribution < 1.29 is 9.59 Å². The zero-order valence-corrected chi connectivity index (χ0v) is 13.9. The molecule has 4 unspecified atom stereocenters. The third-order valence-electron chi connectivity index (χ3n) is 7.57. The van der Waals surface area contributed by atoms with Gasteiger partial charge in [-0.05, 0) is 61.5 Å². The van der Waals surface area contributed by atoms with Crippen LogP contribution in [0.15, 0.2) is 23.8 Å². The number of Topliss-reactive ketones (excluding diaryl/α,β-unsaturated/α-hetero) is 1. The first kappa shape index (κ1) is 14.4. The van der Waals surface area contributed by atoms with Crippen LogP contribution in [-0.4, -0.2) is 11.6 Å². The van der Waals surface area contributed by atoms with Crippen LogP contribution >= 0.6 is 0 Å². The Hall–Kier alpha value is -1.18. The number of carbonyl (C=O) groups is 2. The molecule has 0 aliphatic heterocycles. The van der Waals surface area contributed by atoms with E-state index >= 15 is 0 Å². The minimum absolute atomic E-state index is 0.0452. The van der Waals surface area contributed by atoms with E-state index < -0.39 is 0 Å². The molecule has 0 bridgehead atoms. The molecular weight excluding hydrogens is 272 g/mol. The van der Waals surface area contributed by atoms with Crippen molar-refractivity contribution in [2.75, 3.05) is 0 Å². The van der Waals surface area contributed by atoms with Gasteiger partial charge >= 0.3 is 0 Å². The van der Waals surface area contributed by atoms with Gasteiger partial charge in [-0.3, -0.25) is 9.59 Å². The van der Waals surface area contributed by atoms with Crippen molar-refractivity contribution in [1.82, 2.24) is 0 Å². The second-order valence-corrected chi connectivity index (χ2v) is 8.58. The topological polar surface area (TPSA) is 34.1 Å². The molecule has 22 heavy (non-hydrogen) atoms. The molecule has 0 amide bonds. The molecule has 0 radical (unpaired) electrons. The lowest BCUT2D eigenvalue weighted by Crippen LogP contribution is -2.50. The first-order valence-corrected chi connectivity index (χ1v) is 8.84. The van der Waals surface area contributed by atoms with Crippen molar-refractivity contribution in [3.63, 3.8) is 0 Å². The summed E-state index contributed by atoms with van der Waals surface area (Å²) in [7, 11) is 0. The third-order valence-corrected chi connectivity index (χ3v) is 7.57. The summed E-state index contributed by atoms with van der Waals surface area (Å²) in [4.78, 5) is 24.3. The molecule has 3 saturated carbocycles. The number of fused-ring (bicyclic) bond motifs is 5. The maximum absolute atomic E-state index is 12.6. The third kappa shape index (κ3) is 1.67. The van der Waals surface area contributed by atoms with Gasteiger partial charge in [0.15, 0.2) is 5.78 Å². The molecule has 0 N–H and O–H groups in total. The number of ketones is 2. The lowest BCUT2D eigenvalue weighted by atomic mass is 9.48. The fourth-order valence-electron chi connectivity index (χ4n) is 6.47. The Labute approximate surface area is 133 Å². The molecule has 4 rings (SSSR count). The summed E-state index contributed by atoms with van der Waals surface area (Å²) in [5.41, 5.74) is 1.30. The Morgan fingerprint density at radius 1 is 1.18 bits per heavy atom. The van der Waals surface area contributed by atoms with Gasteiger partial charge in [-0.2, -0.15) is 0 Å². The summed E-state index contributed by atoms with van der Waals surface area (Å²) < 4.78 is 0. The Kier molecular flexibility index (Phi) is 2.90. The van der Waals surface area contributed by atoms with E-state index in [1.54, 1.807) is 6.08 Å². The van der Waals surface area contributed by atoms with Crippen molar-refractivity contribution in [2.24, 2.45) is 34.5 Å². The fourth-order valence-corrected chi connectivity index (χ4v) is 6.47. The van der Waals surface area contributed by atoms with Crippen LogP contribution in [0.25, 0.3) is 0 Å². The van der Waals surface area contributed by atoms with E-state index in [0.717, 1.165) is 32.1 Å². The first-order chi connectivity index (χ1) is 10.4. The predicted molar refractivity (Wildman–Crippen MR) is 86.2 cm³/mol. The van der Waals surface area contributed by atoms with Crippen molar-refractivity contribution in [1.29, 1.82) is 0 Å². The van der Waals surface area contributed by atoms with E-state index in [1.807, 2.05) is 6.08 Å². The van der Waals surface area contributed by atoms with Crippen LogP contribution in [0.1, 0.15) is 52.9 Å². The molecule has 2 heteroatoms. The van der Waals surface area contributed by atoms with Gasteiger partial charge in [0.05, 0.1) is 0 Å². The van der Waals surface area contributed by atoms with Crippen molar-refractivity contribution in [2.45, 2.75) is 52.9 Å². The number of hydrogen-bond donors (Lipinski definition) is 0. The highest BCUT2D eigenvalue weighted by Gasteiger charge is 2.60. The lowest BCUT2D eigenvalue weighted by Gasteiger charge is -2.56. The van der Waals surface area contributed by atoms with E-state index in [-0.39, 0.29) is 16.6 Å².